The fraction of sp³-hybridized carbons (Fsp3) is 0.235. The monoisotopic (exact) mass is 265 g/mol. The van der Waals surface area contributed by atoms with Gasteiger partial charge in [0.1, 0.15) is 6.33 Å². The molecule has 0 radical (unpaired) electrons. The third-order valence-corrected chi connectivity index (χ3v) is 3.55. The minimum Gasteiger partial charge on any atom is -0.313 e. The largest absolute Gasteiger partial charge is 0.313 e. The molecule has 0 bridgehead atoms. The minimum atomic E-state index is 0.919. The number of benzene rings is 2. The first-order valence-corrected chi connectivity index (χ1v) is 7.02. The van der Waals surface area contributed by atoms with Gasteiger partial charge < -0.3 is 5.32 Å². The summed E-state index contributed by atoms with van der Waals surface area (Å²) in [5, 5.41) is 3.36. The van der Waals surface area contributed by atoms with Gasteiger partial charge in [-0.3, -0.25) is 4.57 Å². The molecule has 0 aliphatic rings. The van der Waals surface area contributed by atoms with Crippen LogP contribution in [-0.4, -0.2) is 16.1 Å². The molecule has 2 aromatic carbocycles. The van der Waals surface area contributed by atoms with E-state index in [0.717, 1.165) is 24.1 Å². The summed E-state index contributed by atoms with van der Waals surface area (Å²) in [6.07, 6.45) is 1.90. The van der Waals surface area contributed by atoms with E-state index in [4.69, 9.17) is 0 Å². The third-order valence-electron chi connectivity index (χ3n) is 3.55. The topological polar surface area (TPSA) is 29.9 Å². The molecule has 0 amide bonds. The zero-order chi connectivity index (χ0) is 13.9. The van der Waals surface area contributed by atoms with Crippen molar-refractivity contribution in [1.82, 2.24) is 14.9 Å². The number of nitrogens with one attached hydrogen (secondary N) is 1. The summed E-state index contributed by atoms with van der Waals surface area (Å²) < 4.78 is 2.15. The molecule has 0 saturated heterocycles. The molecular formula is C17H19N3. The predicted octanol–water partition coefficient (Wildman–Crippen LogP) is 3.44. The summed E-state index contributed by atoms with van der Waals surface area (Å²) in [5.41, 5.74) is 5.96. The van der Waals surface area contributed by atoms with Gasteiger partial charge in [-0.1, -0.05) is 31.2 Å². The Hall–Kier alpha value is -2.13. The maximum Gasteiger partial charge on any atom is 0.100 e. The Kier molecular flexibility index (Phi) is 3.52. The fourth-order valence-electron chi connectivity index (χ4n) is 2.52. The smallest absolute Gasteiger partial charge is 0.100 e. The average molecular weight is 265 g/mol. The van der Waals surface area contributed by atoms with E-state index in [1.807, 2.05) is 18.5 Å². The maximum atomic E-state index is 4.46. The highest BCUT2D eigenvalue weighted by molar-refractivity contribution is 5.77. The second kappa shape index (κ2) is 5.47. The number of aryl methyl sites for hydroxylation is 1. The summed E-state index contributed by atoms with van der Waals surface area (Å²) >= 11 is 0. The standard InChI is InChI=1S/C17H19N3/c1-3-18-11-14-8-9-16(13(2)10-14)20-12-19-15-6-4-5-7-17(15)20/h4-10,12,18H,3,11H2,1-2H3. The van der Waals surface area contributed by atoms with Gasteiger partial charge in [-0.2, -0.15) is 0 Å². The molecule has 3 heteroatoms. The number of rotatable bonds is 4. The molecule has 20 heavy (non-hydrogen) atoms. The molecule has 0 atom stereocenters. The molecule has 1 aromatic heterocycles. The first-order chi connectivity index (χ1) is 9.79. The molecule has 102 valence electrons. The van der Waals surface area contributed by atoms with Crippen LogP contribution in [0.4, 0.5) is 0 Å². The highest BCUT2D eigenvalue weighted by Crippen LogP contribution is 2.21. The van der Waals surface area contributed by atoms with E-state index in [9.17, 15) is 0 Å². The van der Waals surface area contributed by atoms with Crippen molar-refractivity contribution in [2.45, 2.75) is 20.4 Å². The second-order valence-corrected chi connectivity index (χ2v) is 5.00. The number of fused-ring (bicyclic) bond motifs is 1. The van der Waals surface area contributed by atoms with Gasteiger partial charge in [0.25, 0.3) is 0 Å². The lowest BCUT2D eigenvalue weighted by Gasteiger charge is -2.10. The van der Waals surface area contributed by atoms with E-state index in [-0.39, 0.29) is 0 Å². The number of imidazole rings is 1. The summed E-state index contributed by atoms with van der Waals surface area (Å²) in [7, 11) is 0. The molecule has 0 spiro atoms. The normalized spacial score (nSPS) is 11.1. The van der Waals surface area contributed by atoms with Gasteiger partial charge in [0.15, 0.2) is 0 Å². The molecule has 0 saturated carbocycles. The van der Waals surface area contributed by atoms with Crippen LogP contribution in [-0.2, 0) is 6.54 Å². The average Bonchev–Trinajstić information content (AvgIpc) is 2.89. The van der Waals surface area contributed by atoms with Crippen LogP contribution in [0.15, 0.2) is 48.8 Å². The van der Waals surface area contributed by atoms with Crippen molar-refractivity contribution in [1.29, 1.82) is 0 Å². The first-order valence-electron chi connectivity index (χ1n) is 7.02. The summed E-state index contributed by atoms with van der Waals surface area (Å²) in [6.45, 7) is 6.19. The Morgan fingerprint density at radius 1 is 1.15 bits per heavy atom. The van der Waals surface area contributed by atoms with E-state index in [1.54, 1.807) is 0 Å². The molecular weight excluding hydrogens is 246 g/mol. The molecule has 0 fully saturated rings. The van der Waals surface area contributed by atoms with Crippen LogP contribution in [0.1, 0.15) is 18.1 Å². The van der Waals surface area contributed by atoms with Gasteiger partial charge in [-0.25, -0.2) is 4.98 Å². The number of hydrogen-bond acceptors (Lipinski definition) is 2. The number of hydrogen-bond donors (Lipinski definition) is 1. The van der Waals surface area contributed by atoms with Crippen molar-refractivity contribution < 1.29 is 0 Å². The van der Waals surface area contributed by atoms with E-state index in [0.29, 0.717) is 0 Å². The second-order valence-electron chi connectivity index (χ2n) is 5.00. The lowest BCUT2D eigenvalue weighted by atomic mass is 10.1. The van der Waals surface area contributed by atoms with Crippen LogP contribution in [0.3, 0.4) is 0 Å². The molecule has 1 N–H and O–H groups in total. The SMILES string of the molecule is CCNCc1ccc(-n2cnc3ccccc32)c(C)c1. The molecule has 1 heterocycles. The molecule has 3 aromatic rings. The van der Waals surface area contributed by atoms with Crippen LogP contribution >= 0.6 is 0 Å². The lowest BCUT2D eigenvalue weighted by molar-refractivity contribution is 0.726. The molecule has 0 aliphatic heterocycles. The van der Waals surface area contributed by atoms with Gasteiger partial charge in [-0.15, -0.1) is 0 Å². The van der Waals surface area contributed by atoms with Gasteiger partial charge in [0.05, 0.1) is 16.7 Å². The Morgan fingerprint density at radius 2 is 2.00 bits per heavy atom. The Balaban J connectivity index is 2.02. The lowest BCUT2D eigenvalue weighted by Crippen LogP contribution is -2.12. The molecule has 3 nitrogen and oxygen atoms in total. The quantitative estimate of drug-likeness (QED) is 0.783. The van der Waals surface area contributed by atoms with Gasteiger partial charge in [0.2, 0.25) is 0 Å². The first kappa shape index (κ1) is 12.9. The Morgan fingerprint density at radius 3 is 2.80 bits per heavy atom. The summed E-state index contributed by atoms with van der Waals surface area (Å²) in [5.74, 6) is 0. The molecule has 0 unspecified atom stereocenters. The van der Waals surface area contributed by atoms with Crippen LogP contribution in [0, 0.1) is 6.92 Å². The minimum absolute atomic E-state index is 0.919. The Bertz CT molecular complexity index is 728. The van der Waals surface area contributed by atoms with Crippen molar-refractivity contribution >= 4 is 11.0 Å². The Labute approximate surface area is 119 Å². The van der Waals surface area contributed by atoms with Crippen molar-refractivity contribution in [2.24, 2.45) is 0 Å². The van der Waals surface area contributed by atoms with Crippen LogP contribution in [0.2, 0.25) is 0 Å². The van der Waals surface area contributed by atoms with Gasteiger partial charge in [-0.05, 0) is 42.8 Å². The van der Waals surface area contributed by atoms with Gasteiger partial charge >= 0.3 is 0 Å². The van der Waals surface area contributed by atoms with Crippen LogP contribution in [0.5, 0.6) is 0 Å². The van der Waals surface area contributed by atoms with Crippen molar-refractivity contribution in [3.63, 3.8) is 0 Å². The van der Waals surface area contributed by atoms with E-state index >= 15 is 0 Å². The number of para-hydroxylation sites is 2. The van der Waals surface area contributed by atoms with Gasteiger partial charge in [0, 0.05) is 6.54 Å². The van der Waals surface area contributed by atoms with Crippen LogP contribution < -0.4 is 5.32 Å². The number of nitrogens with zero attached hydrogens (tertiary/aromatic N) is 2. The summed E-state index contributed by atoms with van der Waals surface area (Å²) in [4.78, 5) is 4.46. The van der Waals surface area contributed by atoms with E-state index in [1.165, 1.54) is 16.8 Å². The maximum absolute atomic E-state index is 4.46. The highest BCUT2D eigenvalue weighted by atomic mass is 15.0. The number of aromatic nitrogens is 2. The van der Waals surface area contributed by atoms with E-state index in [2.05, 4.69) is 59.0 Å². The van der Waals surface area contributed by atoms with E-state index < -0.39 is 0 Å². The highest BCUT2D eigenvalue weighted by Gasteiger charge is 2.06. The molecule has 3 rings (SSSR count). The van der Waals surface area contributed by atoms with Crippen molar-refractivity contribution in [3.05, 3.63) is 59.9 Å². The zero-order valence-electron chi connectivity index (χ0n) is 11.9. The van der Waals surface area contributed by atoms with Crippen molar-refractivity contribution in [3.8, 4) is 5.69 Å². The molecule has 0 aliphatic carbocycles. The third kappa shape index (κ3) is 2.32. The van der Waals surface area contributed by atoms with Crippen molar-refractivity contribution in [2.75, 3.05) is 6.54 Å². The summed E-state index contributed by atoms with van der Waals surface area (Å²) in [6, 6.07) is 14.8. The van der Waals surface area contributed by atoms with Crippen LogP contribution in [0.25, 0.3) is 16.7 Å². The predicted molar refractivity (Wildman–Crippen MR) is 83.2 cm³/mol. The fourth-order valence-corrected chi connectivity index (χ4v) is 2.52. The zero-order valence-corrected chi connectivity index (χ0v) is 11.9.